The van der Waals surface area contributed by atoms with Gasteiger partial charge in [-0.3, -0.25) is 4.68 Å². The van der Waals surface area contributed by atoms with Crippen molar-refractivity contribution in [3.8, 4) is 0 Å². The summed E-state index contributed by atoms with van der Waals surface area (Å²) in [5, 5.41) is 7.67. The van der Waals surface area contributed by atoms with Gasteiger partial charge in [-0.25, -0.2) is 4.79 Å². The molecule has 2 N–H and O–H groups in total. The molecule has 1 rings (SSSR count). The molecule has 0 aliphatic heterocycles. The molecule has 120 valence electrons. The molecule has 9 heteroatoms. The van der Waals surface area contributed by atoms with Crippen molar-refractivity contribution < 1.29 is 18.0 Å². The van der Waals surface area contributed by atoms with Crippen LogP contribution in [0.2, 0.25) is 5.15 Å². The van der Waals surface area contributed by atoms with Gasteiger partial charge in [0.1, 0.15) is 5.69 Å². The largest absolute Gasteiger partial charge is 0.435 e. The molecule has 0 atom stereocenters. The number of anilines is 1. The topological polar surface area (TPSA) is 59.0 Å². The predicted octanol–water partition coefficient (Wildman–Crippen LogP) is 3.65. The molecule has 1 aromatic heterocycles. The van der Waals surface area contributed by atoms with E-state index in [2.05, 4.69) is 15.7 Å². The second kappa shape index (κ2) is 7.02. The summed E-state index contributed by atoms with van der Waals surface area (Å²) in [6.45, 7) is 4.47. The fraction of sp³-hybridized carbons (Fsp3) is 0.667. The van der Waals surface area contributed by atoms with Crippen LogP contribution in [0.15, 0.2) is 0 Å². The first-order chi connectivity index (χ1) is 9.62. The maximum absolute atomic E-state index is 12.9. The molecule has 0 saturated heterocycles. The maximum Gasteiger partial charge on any atom is 0.435 e. The Morgan fingerprint density at radius 3 is 2.57 bits per heavy atom. The highest BCUT2D eigenvalue weighted by Gasteiger charge is 2.39. The third kappa shape index (κ3) is 5.11. The zero-order valence-corrected chi connectivity index (χ0v) is 12.8. The van der Waals surface area contributed by atoms with Crippen molar-refractivity contribution in [3.63, 3.8) is 0 Å². The number of hydrogen-bond acceptors (Lipinski definition) is 2. The van der Waals surface area contributed by atoms with Crippen LogP contribution in [0.3, 0.4) is 0 Å². The number of rotatable bonds is 5. The summed E-state index contributed by atoms with van der Waals surface area (Å²) in [5.74, 6) is 0.500. The van der Waals surface area contributed by atoms with Crippen LogP contribution in [-0.2, 0) is 13.2 Å². The number of carbonyl (C=O) groups is 1. The lowest BCUT2D eigenvalue weighted by Crippen LogP contribution is -2.30. The predicted molar refractivity (Wildman–Crippen MR) is 74.3 cm³/mol. The number of alkyl halides is 3. The van der Waals surface area contributed by atoms with E-state index < -0.39 is 28.7 Å². The number of carbonyl (C=O) groups excluding carboxylic acids is 1. The molecule has 0 fully saturated rings. The van der Waals surface area contributed by atoms with Gasteiger partial charge < -0.3 is 10.6 Å². The van der Waals surface area contributed by atoms with Crippen LogP contribution in [0, 0.1) is 5.92 Å². The average Bonchev–Trinajstić information content (AvgIpc) is 2.59. The molecule has 0 aromatic carbocycles. The highest BCUT2D eigenvalue weighted by molar-refractivity contribution is 6.32. The van der Waals surface area contributed by atoms with Crippen molar-refractivity contribution in [2.45, 2.75) is 32.9 Å². The summed E-state index contributed by atoms with van der Waals surface area (Å²) in [6.07, 6.45) is -2.99. The first-order valence-corrected chi connectivity index (χ1v) is 6.85. The van der Waals surface area contributed by atoms with E-state index in [1.807, 2.05) is 13.8 Å². The third-order valence-corrected chi connectivity index (χ3v) is 3.02. The van der Waals surface area contributed by atoms with Gasteiger partial charge in [0.25, 0.3) is 0 Å². The fourth-order valence-corrected chi connectivity index (χ4v) is 2.05. The monoisotopic (exact) mass is 326 g/mol. The first-order valence-electron chi connectivity index (χ1n) is 6.47. The van der Waals surface area contributed by atoms with Gasteiger partial charge in [-0.1, -0.05) is 25.4 Å². The number of hydrogen-bond donors (Lipinski definition) is 2. The van der Waals surface area contributed by atoms with Gasteiger partial charge in [-0.05, 0) is 18.8 Å². The molecule has 2 amide bonds. The van der Waals surface area contributed by atoms with Crippen LogP contribution in [0.4, 0.5) is 23.7 Å². The minimum atomic E-state index is -4.66. The Labute approximate surface area is 125 Å². The van der Waals surface area contributed by atoms with E-state index in [0.717, 1.165) is 19.9 Å². The fourth-order valence-electron chi connectivity index (χ4n) is 1.80. The van der Waals surface area contributed by atoms with E-state index in [-0.39, 0.29) is 0 Å². The molecule has 5 nitrogen and oxygen atoms in total. The zero-order valence-electron chi connectivity index (χ0n) is 12.0. The van der Waals surface area contributed by atoms with Crippen molar-refractivity contribution in [1.29, 1.82) is 0 Å². The van der Waals surface area contributed by atoms with Gasteiger partial charge in [0.15, 0.2) is 10.8 Å². The zero-order chi connectivity index (χ0) is 16.2. The van der Waals surface area contributed by atoms with Crippen LogP contribution < -0.4 is 10.6 Å². The van der Waals surface area contributed by atoms with E-state index >= 15 is 0 Å². The van der Waals surface area contributed by atoms with Crippen molar-refractivity contribution >= 4 is 23.3 Å². The summed E-state index contributed by atoms with van der Waals surface area (Å²) >= 11 is 5.63. The standard InChI is InChI=1S/C12H18ClF3N4O/c1-7(2)5-4-6-17-11(21)18-8-9(12(14,15)16)20(3)19-10(8)13/h7H,4-6H2,1-3H3,(H2,17,18,21). The normalized spacial score (nSPS) is 11.8. The SMILES string of the molecule is CC(C)CCCNC(=O)Nc1c(Cl)nn(C)c1C(F)(F)F. The average molecular weight is 327 g/mol. The molecule has 0 bridgehead atoms. The van der Waals surface area contributed by atoms with Gasteiger partial charge in [-0.2, -0.15) is 18.3 Å². The highest BCUT2D eigenvalue weighted by atomic mass is 35.5. The summed E-state index contributed by atoms with van der Waals surface area (Å²) < 4.78 is 39.2. The molecule has 0 spiro atoms. The van der Waals surface area contributed by atoms with Crippen molar-refractivity contribution in [3.05, 3.63) is 10.8 Å². The van der Waals surface area contributed by atoms with E-state index in [1.165, 1.54) is 0 Å². The van der Waals surface area contributed by atoms with Gasteiger partial charge in [0.05, 0.1) is 0 Å². The van der Waals surface area contributed by atoms with Gasteiger partial charge in [0.2, 0.25) is 0 Å². The Bertz CT molecular complexity index is 499. The lowest BCUT2D eigenvalue weighted by atomic mass is 10.1. The molecule has 0 saturated carbocycles. The van der Waals surface area contributed by atoms with Crippen LogP contribution in [0.25, 0.3) is 0 Å². The lowest BCUT2D eigenvalue weighted by molar-refractivity contribution is -0.143. The maximum atomic E-state index is 12.9. The number of urea groups is 1. The highest BCUT2D eigenvalue weighted by Crippen LogP contribution is 2.38. The van der Waals surface area contributed by atoms with Crippen LogP contribution >= 0.6 is 11.6 Å². The Kier molecular flexibility index (Phi) is 5.88. The number of nitrogens with zero attached hydrogens (tertiary/aromatic N) is 2. The molecule has 1 heterocycles. The van der Waals surface area contributed by atoms with Crippen LogP contribution in [0.1, 0.15) is 32.4 Å². The van der Waals surface area contributed by atoms with E-state index in [1.54, 1.807) is 0 Å². The second-order valence-electron chi connectivity index (χ2n) is 5.05. The number of halogens is 4. The van der Waals surface area contributed by atoms with Crippen molar-refractivity contribution in [2.24, 2.45) is 13.0 Å². The molecule has 0 unspecified atom stereocenters. The second-order valence-corrected chi connectivity index (χ2v) is 5.41. The summed E-state index contributed by atoms with van der Waals surface area (Å²) in [4.78, 5) is 11.6. The Morgan fingerprint density at radius 2 is 2.05 bits per heavy atom. The number of amides is 2. The Morgan fingerprint density at radius 1 is 1.43 bits per heavy atom. The van der Waals surface area contributed by atoms with Gasteiger partial charge >= 0.3 is 12.2 Å². The summed E-state index contributed by atoms with van der Waals surface area (Å²) in [5.41, 5.74) is -1.63. The quantitative estimate of drug-likeness (QED) is 0.811. The van der Waals surface area contributed by atoms with Crippen LogP contribution in [0.5, 0.6) is 0 Å². The van der Waals surface area contributed by atoms with Crippen LogP contribution in [-0.4, -0.2) is 22.4 Å². The minimum absolute atomic E-state index is 0.378. The molecule has 0 aliphatic rings. The Balaban J connectivity index is 2.68. The van der Waals surface area contributed by atoms with Gasteiger partial charge in [-0.15, -0.1) is 0 Å². The number of aromatic nitrogens is 2. The molecular formula is C12H18ClF3N4O. The van der Waals surface area contributed by atoms with Crippen molar-refractivity contribution in [2.75, 3.05) is 11.9 Å². The minimum Gasteiger partial charge on any atom is -0.338 e. The molecule has 21 heavy (non-hydrogen) atoms. The van der Waals surface area contributed by atoms with Crippen molar-refractivity contribution in [1.82, 2.24) is 15.1 Å². The molecule has 0 radical (unpaired) electrons. The third-order valence-electron chi connectivity index (χ3n) is 2.76. The first kappa shape index (κ1) is 17.6. The smallest absolute Gasteiger partial charge is 0.338 e. The van der Waals surface area contributed by atoms with Gasteiger partial charge in [0, 0.05) is 13.6 Å². The molecule has 0 aliphatic carbocycles. The Hall–Kier alpha value is -1.44. The lowest BCUT2D eigenvalue weighted by Gasteiger charge is -2.12. The summed E-state index contributed by atoms with van der Waals surface area (Å²) in [6, 6.07) is -0.737. The molecular weight excluding hydrogens is 309 g/mol. The summed E-state index contributed by atoms with van der Waals surface area (Å²) in [7, 11) is 1.11. The molecule has 1 aromatic rings. The number of nitrogens with one attached hydrogen (secondary N) is 2. The van der Waals surface area contributed by atoms with E-state index in [4.69, 9.17) is 11.6 Å². The number of aryl methyl sites for hydroxylation is 1. The van der Waals surface area contributed by atoms with E-state index in [0.29, 0.717) is 17.1 Å². The van der Waals surface area contributed by atoms with E-state index in [9.17, 15) is 18.0 Å².